The second kappa shape index (κ2) is 8.25. The van der Waals surface area contributed by atoms with Gasteiger partial charge in [0, 0.05) is 19.7 Å². The normalized spacial score (nSPS) is 21.2. The maximum atomic E-state index is 13.0. The van der Waals surface area contributed by atoms with Gasteiger partial charge in [-0.3, -0.25) is 0 Å². The average molecular weight is 347 g/mol. The molecule has 1 aliphatic heterocycles. The SMILES string of the molecule is CCCN(Cc1ccc(C#N)cc1)S(=O)(=O)C1COCCC1C#N. The quantitative estimate of drug-likeness (QED) is 0.785. The first kappa shape index (κ1) is 18.4. The van der Waals surface area contributed by atoms with Crippen LogP contribution in [0, 0.1) is 28.6 Å². The van der Waals surface area contributed by atoms with Crippen molar-refractivity contribution in [1.82, 2.24) is 4.31 Å². The Morgan fingerprint density at radius 1 is 1.29 bits per heavy atom. The number of nitrogens with zero attached hydrogens (tertiary/aromatic N) is 3. The minimum absolute atomic E-state index is 0.0636. The van der Waals surface area contributed by atoms with Crippen LogP contribution < -0.4 is 0 Å². The Morgan fingerprint density at radius 2 is 2.00 bits per heavy atom. The number of hydrogen-bond donors (Lipinski definition) is 0. The molecule has 0 radical (unpaired) electrons. The van der Waals surface area contributed by atoms with Crippen LogP contribution in [0.25, 0.3) is 0 Å². The highest BCUT2D eigenvalue weighted by atomic mass is 32.2. The minimum Gasteiger partial charge on any atom is -0.380 e. The summed E-state index contributed by atoms with van der Waals surface area (Å²) in [5, 5.41) is 17.3. The van der Waals surface area contributed by atoms with E-state index in [0.29, 0.717) is 31.6 Å². The first-order valence-electron chi connectivity index (χ1n) is 7.98. The van der Waals surface area contributed by atoms with E-state index < -0.39 is 21.2 Å². The molecule has 0 aromatic heterocycles. The first-order chi connectivity index (χ1) is 11.5. The number of sulfonamides is 1. The highest BCUT2D eigenvalue weighted by Crippen LogP contribution is 2.25. The second-order valence-corrected chi connectivity index (χ2v) is 7.98. The molecule has 0 saturated carbocycles. The summed E-state index contributed by atoms with van der Waals surface area (Å²) in [6, 6.07) is 11.0. The zero-order valence-corrected chi connectivity index (χ0v) is 14.5. The molecule has 0 aliphatic carbocycles. The molecule has 128 valence electrons. The fraction of sp³-hybridized carbons (Fsp3) is 0.529. The van der Waals surface area contributed by atoms with Crippen molar-refractivity contribution in [2.24, 2.45) is 5.92 Å². The summed E-state index contributed by atoms with van der Waals surface area (Å²) in [6.45, 7) is 3.02. The second-order valence-electron chi connectivity index (χ2n) is 5.82. The molecule has 1 heterocycles. The van der Waals surface area contributed by atoms with Crippen LogP contribution in [-0.2, 0) is 21.3 Å². The molecule has 1 aromatic rings. The summed E-state index contributed by atoms with van der Waals surface area (Å²) in [5.74, 6) is -0.538. The fourth-order valence-corrected chi connectivity index (χ4v) is 4.81. The molecule has 1 fully saturated rings. The van der Waals surface area contributed by atoms with Gasteiger partial charge in [-0.15, -0.1) is 0 Å². The predicted octanol–water partition coefficient (Wildman–Crippen LogP) is 2.03. The molecule has 1 aliphatic rings. The summed E-state index contributed by atoms with van der Waals surface area (Å²) in [6.07, 6.45) is 1.12. The van der Waals surface area contributed by atoms with Crippen molar-refractivity contribution in [1.29, 1.82) is 10.5 Å². The lowest BCUT2D eigenvalue weighted by molar-refractivity contribution is 0.0810. The molecule has 7 heteroatoms. The molecule has 1 aromatic carbocycles. The molecule has 6 nitrogen and oxygen atoms in total. The van der Waals surface area contributed by atoms with Gasteiger partial charge >= 0.3 is 0 Å². The lowest BCUT2D eigenvalue weighted by atomic mass is 10.0. The Hall–Kier alpha value is -1.93. The summed E-state index contributed by atoms with van der Waals surface area (Å²) in [7, 11) is -3.64. The van der Waals surface area contributed by atoms with E-state index in [2.05, 4.69) is 6.07 Å². The number of nitriles is 2. The van der Waals surface area contributed by atoms with Crippen molar-refractivity contribution in [3.8, 4) is 12.1 Å². The Bertz CT molecular complexity index is 732. The van der Waals surface area contributed by atoms with Gasteiger partial charge in [-0.2, -0.15) is 14.8 Å². The summed E-state index contributed by atoms with van der Waals surface area (Å²) in [4.78, 5) is 0. The highest BCUT2D eigenvalue weighted by Gasteiger charge is 2.39. The largest absolute Gasteiger partial charge is 0.380 e. The Labute approximate surface area is 143 Å². The third-order valence-corrected chi connectivity index (χ3v) is 6.39. The standard InChI is InChI=1S/C17H21N3O3S/c1-2-8-20(12-15-5-3-14(10-18)4-6-15)24(21,22)17-13-23-9-7-16(17)11-19/h3-6,16-17H,2,7-9,12-13H2,1H3. The van der Waals surface area contributed by atoms with Crippen molar-refractivity contribution in [3.63, 3.8) is 0 Å². The average Bonchev–Trinajstić information content (AvgIpc) is 2.61. The molecule has 2 atom stereocenters. The molecule has 0 bridgehead atoms. The predicted molar refractivity (Wildman–Crippen MR) is 89.1 cm³/mol. The van der Waals surface area contributed by atoms with Crippen LogP contribution in [-0.4, -0.2) is 37.7 Å². The van der Waals surface area contributed by atoms with E-state index in [0.717, 1.165) is 5.56 Å². The Kier molecular flexibility index (Phi) is 6.33. The lowest BCUT2D eigenvalue weighted by Crippen LogP contribution is -2.46. The molecular formula is C17H21N3O3S. The molecule has 0 spiro atoms. The molecule has 1 saturated heterocycles. The summed E-state index contributed by atoms with van der Waals surface area (Å²) in [5.41, 5.74) is 1.35. The summed E-state index contributed by atoms with van der Waals surface area (Å²) >= 11 is 0. The van der Waals surface area contributed by atoms with E-state index in [1.807, 2.05) is 13.0 Å². The molecular weight excluding hydrogens is 326 g/mol. The highest BCUT2D eigenvalue weighted by molar-refractivity contribution is 7.89. The molecule has 2 unspecified atom stereocenters. The van der Waals surface area contributed by atoms with Crippen molar-refractivity contribution < 1.29 is 13.2 Å². The van der Waals surface area contributed by atoms with E-state index in [4.69, 9.17) is 10.00 Å². The number of hydrogen-bond acceptors (Lipinski definition) is 5. The topological polar surface area (TPSA) is 94.2 Å². The lowest BCUT2D eigenvalue weighted by Gasteiger charge is -2.32. The van der Waals surface area contributed by atoms with Gasteiger partial charge in [-0.25, -0.2) is 8.42 Å². The minimum atomic E-state index is -3.64. The summed E-state index contributed by atoms with van der Waals surface area (Å²) < 4.78 is 32.8. The van der Waals surface area contributed by atoms with Gasteiger partial charge in [-0.05, 0) is 30.5 Å². The Balaban J connectivity index is 2.24. The maximum absolute atomic E-state index is 13.0. The fourth-order valence-electron chi connectivity index (χ4n) is 2.78. The zero-order chi connectivity index (χ0) is 17.6. The van der Waals surface area contributed by atoms with Crippen molar-refractivity contribution in [2.45, 2.75) is 31.6 Å². The van der Waals surface area contributed by atoms with E-state index in [1.54, 1.807) is 24.3 Å². The van der Waals surface area contributed by atoms with E-state index in [1.165, 1.54) is 4.31 Å². The van der Waals surface area contributed by atoms with Gasteiger partial charge in [-0.1, -0.05) is 19.1 Å². The number of ether oxygens (including phenoxy) is 1. The van der Waals surface area contributed by atoms with E-state index in [9.17, 15) is 13.7 Å². The first-order valence-corrected chi connectivity index (χ1v) is 9.48. The van der Waals surface area contributed by atoms with Gasteiger partial charge in [0.25, 0.3) is 0 Å². The monoisotopic (exact) mass is 347 g/mol. The van der Waals surface area contributed by atoms with E-state index in [-0.39, 0.29) is 13.2 Å². The number of rotatable bonds is 6. The van der Waals surface area contributed by atoms with Gasteiger partial charge in [0.05, 0.1) is 30.2 Å². The van der Waals surface area contributed by atoms with Crippen LogP contribution in [0.3, 0.4) is 0 Å². The van der Waals surface area contributed by atoms with Crippen molar-refractivity contribution in [3.05, 3.63) is 35.4 Å². The molecule has 2 rings (SSSR count). The third-order valence-electron chi connectivity index (χ3n) is 4.13. The van der Waals surface area contributed by atoms with Gasteiger partial charge in [0.15, 0.2) is 0 Å². The number of benzene rings is 1. The van der Waals surface area contributed by atoms with Gasteiger partial charge in [0.1, 0.15) is 5.25 Å². The van der Waals surface area contributed by atoms with Crippen LogP contribution in [0.5, 0.6) is 0 Å². The van der Waals surface area contributed by atoms with Crippen LogP contribution in [0.1, 0.15) is 30.9 Å². The van der Waals surface area contributed by atoms with Crippen molar-refractivity contribution >= 4 is 10.0 Å². The molecule has 0 N–H and O–H groups in total. The third kappa shape index (κ3) is 4.12. The zero-order valence-electron chi connectivity index (χ0n) is 13.7. The van der Waals surface area contributed by atoms with Gasteiger partial charge < -0.3 is 4.74 Å². The Morgan fingerprint density at radius 3 is 2.58 bits per heavy atom. The van der Waals surface area contributed by atoms with E-state index >= 15 is 0 Å². The van der Waals surface area contributed by atoms with Crippen LogP contribution in [0.15, 0.2) is 24.3 Å². The molecule has 0 amide bonds. The van der Waals surface area contributed by atoms with Crippen molar-refractivity contribution in [2.75, 3.05) is 19.8 Å². The van der Waals surface area contributed by atoms with Crippen LogP contribution in [0.4, 0.5) is 0 Å². The molecule has 24 heavy (non-hydrogen) atoms. The smallest absolute Gasteiger partial charge is 0.220 e. The van der Waals surface area contributed by atoms with Crippen LogP contribution >= 0.6 is 0 Å². The maximum Gasteiger partial charge on any atom is 0.220 e. The van der Waals surface area contributed by atoms with Crippen LogP contribution in [0.2, 0.25) is 0 Å². The van der Waals surface area contributed by atoms with Gasteiger partial charge in [0.2, 0.25) is 10.0 Å².